The van der Waals surface area contributed by atoms with Crippen molar-refractivity contribution in [1.29, 1.82) is 0 Å². The maximum absolute atomic E-state index is 8.63. The average molecular weight is 142 g/mol. The van der Waals surface area contributed by atoms with Crippen LogP contribution in [-0.2, 0) is 0 Å². The van der Waals surface area contributed by atoms with Crippen LogP contribution in [0.1, 0.15) is 0 Å². The fourth-order valence-corrected chi connectivity index (χ4v) is 0.581. The summed E-state index contributed by atoms with van der Waals surface area (Å²) in [6, 6.07) is 8.86. The molecule has 0 aliphatic heterocycles. The third-order valence-corrected chi connectivity index (χ3v) is 1.02. The number of rotatable bonds is 1. The minimum atomic E-state index is 0. The molecule has 0 heterocycles. The number of nitrogens with two attached hydrogens (primary N) is 1. The van der Waals surface area contributed by atoms with Gasteiger partial charge in [-0.05, 0) is 12.1 Å². The summed E-state index contributed by atoms with van der Waals surface area (Å²) in [6.07, 6.45) is 0. The molecule has 56 valence electrons. The summed E-state index contributed by atoms with van der Waals surface area (Å²) >= 11 is 0. The van der Waals surface area contributed by atoms with Crippen molar-refractivity contribution in [3.05, 3.63) is 30.3 Å². The number of para-hydroxylation sites is 1. The fraction of sp³-hybridized carbons (Fsp3) is 0. The van der Waals surface area contributed by atoms with Gasteiger partial charge in [-0.1, -0.05) is 18.2 Å². The largest absolute Gasteiger partial charge is 0.412 e. The first kappa shape index (κ1) is 8.90. The van der Waals surface area contributed by atoms with Crippen molar-refractivity contribution >= 4 is 5.69 Å². The number of benzene rings is 1. The molecular weight excluding hydrogens is 132 g/mol. The molecule has 0 bridgehead atoms. The van der Waals surface area contributed by atoms with Gasteiger partial charge in [-0.15, -0.1) is 0 Å². The second-order valence-electron chi connectivity index (χ2n) is 1.68. The van der Waals surface area contributed by atoms with Gasteiger partial charge in [0.1, 0.15) is 0 Å². The van der Waals surface area contributed by atoms with Gasteiger partial charge in [0, 0.05) is 0 Å². The Balaban J connectivity index is 0.000000810. The minimum Gasteiger partial charge on any atom is -0.412 e. The number of hydrazine groups is 1. The lowest BCUT2D eigenvalue weighted by molar-refractivity contribution is 0.258. The van der Waals surface area contributed by atoms with Crippen LogP contribution in [0.4, 0.5) is 5.69 Å². The standard InChI is InChI=1S/C6H8N2O.H2O/c7-8(9)6-4-2-1-3-5-6;/h1-5,9H,7H2;1H2. The van der Waals surface area contributed by atoms with E-state index in [1.54, 1.807) is 24.3 Å². The highest BCUT2D eigenvalue weighted by molar-refractivity contribution is 5.41. The van der Waals surface area contributed by atoms with E-state index in [0.717, 1.165) is 0 Å². The highest BCUT2D eigenvalue weighted by Gasteiger charge is 1.90. The van der Waals surface area contributed by atoms with Crippen LogP contribution < -0.4 is 11.0 Å². The van der Waals surface area contributed by atoms with Crippen LogP contribution in [0.5, 0.6) is 0 Å². The van der Waals surface area contributed by atoms with E-state index in [1.807, 2.05) is 6.07 Å². The monoisotopic (exact) mass is 142 g/mol. The Kier molecular flexibility index (Phi) is 3.42. The highest BCUT2D eigenvalue weighted by Crippen LogP contribution is 2.05. The predicted molar refractivity (Wildman–Crippen MR) is 38.5 cm³/mol. The van der Waals surface area contributed by atoms with E-state index in [1.165, 1.54) is 0 Å². The van der Waals surface area contributed by atoms with Crippen LogP contribution >= 0.6 is 0 Å². The maximum atomic E-state index is 8.63. The van der Waals surface area contributed by atoms with Gasteiger partial charge in [-0.25, -0.2) is 5.84 Å². The van der Waals surface area contributed by atoms with E-state index in [0.29, 0.717) is 10.9 Å². The lowest BCUT2D eigenvalue weighted by Gasteiger charge is -2.07. The molecule has 0 unspecified atom stereocenters. The summed E-state index contributed by atoms with van der Waals surface area (Å²) in [5, 5.41) is 9.22. The van der Waals surface area contributed by atoms with Crippen molar-refractivity contribution in [3.8, 4) is 0 Å². The van der Waals surface area contributed by atoms with E-state index in [4.69, 9.17) is 11.0 Å². The molecule has 4 nitrogen and oxygen atoms in total. The summed E-state index contributed by atoms with van der Waals surface area (Å²) in [5.41, 5.74) is 0.581. The molecule has 1 aromatic carbocycles. The lowest BCUT2D eigenvalue weighted by atomic mass is 10.3. The Labute approximate surface area is 58.7 Å². The molecule has 0 saturated carbocycles. The Morgan fingerprint density at radius 3 is 2.00 bits per heavy atom. The molecule has 1 aromatic rings. The Morgan fingerprint density at radius 1 is 1.20 bits per heavy atom. The third kappa shape index (κ3) is 2.02. The van der Waals surface area contributed by atoms with E-state index >= 15 is 0 Å². The van der Waals surface area contributed by atoms with E-state index in [-0.39, 0.29) is 5.48 Å². The molecule has 4 heteroatoms. The van der Waals surface area contributed by atoms with Crippen molar-refractivity contribution < 1.29 is 10.7 Å². The van der Waals surface area contributed by atoms with Crippen LogP contribution in [-0.4, -0.2) is 10.7 Å². The SMILES string of the molecule is NN(O)c1ccccc1.O. The first-order valence-corrected chi connectivity index (χ1v) is 2.59. The molecule has 0 radical (unpaired) electrons. The summed E-state index contributed by atoms with van der Waals surface area (Å²) in [7, 11) is 0. The molecule has 0 amide bonds. The Morgan fingerprint density at radius 2 is 1.70 bits per heavy atom. The molecule has 0 aliphatic rings. The Hall–Kier alpha value is -1.10. The van der Waals surface area contributed by atoms with Gasteiger partial charge in [-0.2, -0.15) is 5.17 Å². The van der Waals surface area contributed by atoms with Crippen LogP contribution in [0.25, 0.3) is 0 Å². The van der Waals surface area contributed by atoms with Gasteiger partial charge >= 0.3 is 0 Å². The second kappa shape index (κ2) is 3.84. The quantitative estimate of drug-likeness (QED) is 0.425. The average Bonchev–Trinajstić information content (AvgIpc) is 1.90. The minimum absolute atomic E-state index is 0. The topological polar surface area (TPSA) is 81.0 Å². The summed E-state index contributed by atoms with van der Waals surface area (Å²) in [5.74, 6) is 5.00. The van der Waals surface area contributed by atoms with Crippen LogP contribution in [0, 0.1) is 0 Å². The van der Waals surface area contributed by atoms with Crippen molar-refractivity contribution in [2.24, 2.45) is 5.84 Å². The van der Waals surface area contributed by atoms with E-state index < -0.39 is 0 Å². The molecule has 5 N–H and O–H groups in total. The van der Waals surface area contributed by atoms with Gasteiger partial charge in [0.15, 0.2) is 0 Å². The molecule has 1 rings (SSSR count). The second-order valence-corrected chi connectivity index (χ2v) is 1.68. The summed E-state index contributed by atoms with van der Waals surface area (Å²) < 4.78 is 0. The molecule has 0 spiro atoms. The molecule has 0 fully saturated rings. The highest BCUT2D eigenvalue weighted by atomic mass is 16.5. The third-order valence-electron chi connectivity index (χ3n) is 1.02. The summed E-state index contributed by atoms with van der Waals surface area (Å²) in [4.78, 5) is 0. The normalized spacial score (nSPS) is 8.20. The van der Waals surface area contributed by atoms with Crippen molar-refractivity contribution in [2.75, 3.05) is 5.17 Å². The number of anilines is 1. The zero-order valence-electron chi connectivity index (χ0n) is 5.36. The molecule has 10 heavy (non-hydrogen) atoms. The maximum Gasteiger partial charge on any atom is 0.0817 e. The lowest BCUT2D eigenvalue weighted by Crippen LogP contribution is -2.25. The number of hydrogen-bond donors (Lipinski definition) is 2. The van der Waals surface area contributed by atoms with Crippen LogP contribution in [0.2, 0.25) is 0 Å². The smallest absolute Gasteiger partial charge is 0.0817 e. The van der Waals surface area contributed by atoms with E-state index in [2.05, 4.69) is 0 Å². The van der Waals surface area contributed by atoms with Gasteiger partial charge in [0.05, 0.1) is 5.69 Å². The van der Waals surface area contributed by atoms with Gasteiger partial charge in [0.25, 0.3) is 0 Å². The molecule has 0 aromatic heterocycles. The van der Waals surface area contributed by atoms with Crippen molar-refractivity contribution in [3.63, 3.8) is 0 Å². The van der Waals surface area contributed by atoms with Gasteiger partial charge in [0.2, 0.25) is 0 Å². The van der Waals surface area contributed by atoms with Crippen molar-refractivity contribution in [1.82, 2.24) is 0 Å². The van der Waals surface area contributed by atoms with Crippen molar-refractivity contribution in [2.45, 2.75) is 0 Å². The molecule has 0 saturated heterocycles. The van der Waals surface area contributed by atoms with Gasteiger partial charge in [-0.3, -0.25) is 5.21 Å². The van der Waals surface area contributed by atoms with E-state index in [9.17, 15) is 0 Å². The fourth-order valence-electron chi connectivity index (χ4n) is 0.581. The molecular formula is C6H10N2O2. The van der Waals surface area contributed by atoms with Crippen LogP contribution in [0.3, 0.4) is 0 Å². The first-order valence-electron chi connectivity index (χ1n) is 2.59. The number of nitrogens with zero attached hydrogens (tertiary/aromatic N) is 1. The number of hydrogen-bond acceptors (Lipinski definition) is 3. The predicted octanol–water partition coefficient (Wildman–Crippen LogP) is -0.0688. The van der Waals surface area contributed by atoms with Crippen LogP contribution in [0.15, 0.2) is 30.3 Å². The Bertz CT molecular complexity index is 176. The zero-order valence-corrected chi connectivity index (χ0v) is 5.36. The van der Waals surface area contributed by atoms with Gasteiger partial charge < -0.3 is 5.48 Å². The molecule has 0 aliphatic carbocycles. The first-order chi connectivity index (χ1) is 4.30. The zero-order chi connectivity index (χ0) is 6.69. The molecule has 0 atom stereocenters. The summed E-state index contributed by atoms with van der Waals surface area (Å²) in [6.45, 7) is 0.